The molecule has 0 saturated carbocycles. The fourth-order valence-corrected chi connectivity index (χ4v) is 3.72. The Kier molecular flexibility index (Phi) is 8.55. The van der Waals surface area contributed by atoms with Crippen LogP contribution in [0.5, 0.6) is 0 Å². The molecule has 2 aromatic carbocycles. The lowest BCUT2D eigenvalue weighted by molar-refractivity contribution is -0.143. The van der Waals surface area contributed by atoms with E-state index < -0.39 is 29.6 Å². The van der Waals surface area contributed by atoms with Crippen molar-refractivity contribution in [1.82, 2.24) is 5.32 Å². The van der Waals surface area contributed by atoms with Crippen LogP contribution >= 0.6 is 35.6 Å². The third-order valence-electron chi connectivity index (χ3n) is 4.90. The summed E-state index contributed by atoms with van der Waals surface area (Å²) in [4.78, 5) is 0. The lowest BCUT2D eigenvalue weighted by Gasteiger charge is -2.33. The Hall–Kier alpha value is -1.19. The van der Waals surface area contributed by atoms with E-state index in [1.165, 1.54) is 0 Å². The Morgan fingerprint density at radius 1 is 0.903 bits per heavy atom. The van der Waals surface area contributed by atoms with Crippen molar-refractivity contribution in [3.63, 3.8) is 0 Å². The molecule has 0 bridgehead atoms. The third-order valence-corrected chi connectivity index (χ3v) is 5.64. The minimum Gasteiger partial charge on any atom is -0.373 e. The molecule has 2 unspecified atom stereocenters. The van der Waals surface area contributed by atoms with Gasteiger partial charge >= 0.3 is 12.4 Å². The summed E-state index contributed by atoms with van der Waals surface area (Å²) in [6, 6.07) is 6.56. The average molecular weight is 509 g/mol. The van der Waals surface area contributed by atoms with Crippen molar-refractivity contribution in [1.29, 1.82) is 0 Å². The number of nitrogens with one attached hydrogen (secondary N) is 1. The first-order chi connectivity index (χ1) is 13.9. The van der Waals surface area contributed by atoms with Crippen LogP contribution in [0.15, 0.2) is 36.4 Å². The maximum absolute atomic E-state index is 13.0. The molecule has 1 aliphatic heterocycles. The number of benzene rings is 2. The Morgan fingerprint density at radius 3 is 2.06 bits per heavy atom. The first-order valence-electron chi connectivity index (χ1n) is 9.01. The van der Waals surface area contributed by atoms with Gasteiger partial charge in [0.25, 0.3) is 0 Å². The van der Waals surface area contributed by atoms with Crippen molar-refractivity contribution in [2.75, 3.05) is 13.1 Å². The highest BCUT2D eigenvalue weighted by molar-refractivity contribution is 6.42. The second-order valence-electron chi connectivity index (χ2n) is 7.04. The van der Waals surface area contributed by atoms with Gasteiger partial charge in [0.15, 0.2) is 0 Å². The van der Waals surface area contributed by atoms with Gasteiger partial charge in [-0.15, -0.1) is 12.4 Å². The molecule has 172 valence electrons. The number of alkyl halides is 6. The van der Waals surface area contributed by atoms with E-state index in [1.54, 1.807) is 18.2 Å². The van der Waals surface area contributed by atoms with E-state index in [1.807, 2.05) is 0 Å². The minimum absolute atomic E-state index is 0. The molecule has 2 nitrogen and oxygen atoms in total. The third kappa shape index (κ3) is 6.65. The molecular formula is C20H18Cl3F6NO. The summed E-state index contributed by atoms with van der Waals surface area (Å²) in [5, 5.41) is 3.93. The Balaban J connectivity index is 0.00000341. The Morgan fingerprint density at radius 2 is 1.52 bits per heavy atom. The van der Waals surface area contributed by atoms with Crippen LogP contribution in [-0.2, 0) is 23.7 Å². The first-order valence-corrected chi connectivity index (χ1v) is 9.76. The Bertz CT molecular complexity index is 871. The highest BCUT2D eigenvalue weighted by Gasteiger charge is 2.37. The molecule has 2 aromatic rings. The zero-order chi connectivity index (χ0) is 22.1. The maximum Gasteiger partial charge on any atom is 0.416 e. The summed E-state index contributed by atoms with van der Waals surface area (Å²) >= 11 is 12.0. The van der Waals surface area contributed by atoms with Crippen LogP contribution in [0, 0.1) is 0 Å². The molecule has 0 spiro atoms. The molecule has 1 N–H and O–H groups in total. The zero-order valence-corrected chi connectivity index (χ0v) is 18.1. The zero-order valence-electron chi connectivity index (χ0n) is 15.8. The summed E-state index contributed by atoms with van der Waals surface area (Å²) in [7, 11) is 0. The van der Waals surface area contributed by atoms with Gasteiger partial charge in [-0.3, -0.25) is 0 Å². The SMILES string of the molecule is Cl.FC(F)(F)c1cc(COC2CCNCC2c2ccc(Cl)c(Cl)c2)cc(C(F)(F)F)c1. The van der Waals surface area contributed by atoms with Crippen LogP contribution in [0.1, 0.15) is 34.6 Å². The molecule has 0 radical (unpaired) electrons. The molecule has 0 aromatic heterocycles. The summed E-state index contributed by atoms with van der Waals surface area (Å²) < 4.78 is 84.1. The van der Waals surface area contributed by atoms with Gasteiger partial charge in [-0.25, -0.2) is 0 Å². The second-order valence-corrected chi connectivity index (χ2v) is 7.85. The molecule has 11 heteroatoms. The van der Waals surface area contributed by atoms with Crippen molar-refractivity contribution in [2.24, 2.45) is 0 Å². The molecule has 0 amide bonds. The van der Waals surface area contributed by atoms with Crippen LogP contribution in [-0.4, -0.2) is 19.2 Å². The van der Waals surface area contributed by atoms with E-state index in [0.29, 0.717) is 41.7 Å². The van der Waals surface area contributed by atoms with Crippen molar-refractivity contribution in [3.8, 4) is 0 Å². The lowest BCUT2D eigenvalue weighted by Crippen LogP contribution is -2.39. The predicted octanol–water partition coefficient (Wildman–Crippen LogP) is 7.12. The van der Waals surface area contributed by atoms with Gasteiger partial charge in [-0.05, 0) is 54.4 Å². The number of halogens is 9. The highest BCUT2D eigenvalue weighted by Crippen LogP contribution is 2.37. The van der Waals surface area contributed by atoms with E-state index in [-0.39, 0.29) is 36.6 Å². The number of hydrogen-bond donors (Lipinski definition) is 1. The van der Waals surface area contributed by atoms with E-state index in [4.69, 9.17) is 27.9 Å². The standard InChI is InChI=1S/C20H17Cl2F6NO.ClH/c21-16-2-1-12(7-17(16)22)15-9-29-4-3-18(15)30-10-11-5-13(19(23,24)25)8-14(6-11)20(26,27)28;/h1-2,5-8,15,18,29H,3-4,9-10H2;1H. The minimum atomic E-state index is -4.90. The van der Waals surface area contributed by atoms with Gasteiger partial charge in [0.2, 0.25) is 0 Å². The average Bonchev–Trinajstić information content (AvgIpc) is 2.67. The molecule has 0 aliphatic carbocycles. The smallest absolute Gasteiger partial charge is 0.373 e. The topological polar surface area (TPSA) is 21.3 Å². The fourth-order valence-electron chi connectivity index (χ4n) is 3.42. The fraction of sp³-hybridized carbons (Fsp3) is 0.400. The molecule has 2 atom stereocenters. The normalized spacial score (nSPS) is 19.7. The quantitative estimate of drug-likeness (QED) is 0.444. The largest absolute Gasteiger partial charge is 0.416 e. The van der Waals surface area contributed by atoms with Crippen LogP contribution < -0.4 is 5.32 Å². The number of ether oxygens (including phenoxy) is 1. The molecule has 1 fully saturated rings. The van der Waals surface area contributed by atoms with Gasteiger partial charge in [0.05, 0.1) is 33.9 Å². The highest BCUT2D eigenvalue weighted by atomic mass is 35.5. The van der Waals surface area contributed by atoms with Gasteiger partial charge in [-0.2, -0.15) is 26.3 Å². The number of piperidine rings is 1. The summed E-state index contributed by atoms with van der Waals surface area (Å²) in [5.74, 6) is -0.179. The molecular weight excluding hydrogens is 491 g/mol. The van der Waals surface area contributed by atoms with Crippen LogP contribution in [0.3, 0.4) is 0 Å². The second kappa shape index (κ2) is 10.2. The van der Waals surface area contributed by atoms with Gasteiger partial charge < -0.3 is 10.1 Å². The summed E-state index contributed by atoms with van der Waals surface area (Å²) in [5.41, 5.74) is -2.09. The Labute approximate surface area is 191 Å². The van der Waals surface area contributed by atoms with Gasteiger partial charge in [0, 0.05) is 12.5 Å². The number of rotatable bonds is 4. The van der Waals surface area contributed by atoms with Crippen LogP contribution in [0.4, 0.5) is 26.3 Å². The molecule has 1 saturated heterocycles. The molecule has 1 aliphatic rings. The molecule has 3 rings (SSSR count). The van der Waals surface area contributed by atoms with Crippen molar-refractivity contribution >= 4 is 35.6 Å². The van der Waals surface area contributed by atoms with Crippen molar-refractivity contribution < 1.29 is 31.1 Å². The van der Waals surface area contributed by atoms with Crippen molar-refractivity contribution in [3.05, 3.63) is 68.7 Å². The summed E-state index contributed by atoms with van der Waals surface area (Å²) in [6.45, 7) is 0.757. The van der Waals surface area contributed by atoms with E-state index in [0.717, 1.165) is 5.56 Å². The van der Waals surface area contributed by atoms with Crippen molar-refractivity contribution in [2.45, 2.75) is 37.4 Å². The summed E-state index contributed by atoms with van der Waals surface area (Å²) in [6.07, 6.45) is -9.66. The monoisotopic (exact) mass is 507 g/mol. The maximum atomic E-state index is 13.0. The van der Waals surface area contributed by atoms with Crippen LogP contribution in [0.25, 0.3) is 0 Å². The van der Waals surface area contributed by atoms with E-state index in [9.17, 15) is 26.3 Å². The van der Waals surface area contributed by atoms with Gasteiger partial charge in [0.1, 0.15) is 0 Å². The molecule has 1 heterocycles. The van der Waals surface area contributed by atoms with Crippen LogP contribution in [0.2, 0.25) is 10.0 Å². The lowest BCUT2D eigenvalue weighted by atomic mass is 9.89. The van der Waals surface area contributed by atoms with Gasteiger partial charge in [-0.1, -0.05) is 29.3 Å². The van der Waals surface area contributed by atoms with E-state index in [2.05, 4.69) is 5.32 Å². The predicted molar refractivity (Wildman–Crippen MR) is 109 cm³/mol. The first kappa shape index (κ1) is 26.1. The molecule has 31 heavy (non-hydrogen) atoms. The number of hydrogen-bond acceptors (Lipinski definition) is 2. The van der Waals surface area contributed by atoms with E-state index >= 15 is 0 Å².